The van der Waals surface area contributed by atoms with Crippen LogP contribution in [0, 0.1) is 0 Å². The van der Waals surface area contributed by atoms with E-state index in [1.165, 1.54) is 28.3 Å². The third-order valence-corrected chi connectivity index (χ3v) is 5.79. The molecule has 0 amide bonds. The molecule has 1 aliphatic rings. The maximum Gasteiger partial charge on any atom is 0.335 e. The minimum Gasteiger partial charge on any atom is -0.496 e. The van der Waals surface area contributed by atoms with Gasteiger partial charge in [-0.3, -0.25) is 5.10 Å². The first-order valence-corrected chi connectivity index (χ1v) is 9.49. The maximum absolute atomic E-state index is 11.4. The fourth-order valence-corrected chi connectivity index (χ4v) is 4.50. The Balaban J connectivity index is 1.84. The Kier molecular flexibility index (Phi) is 3.83. The Morgan fingerprint density at radius 3 is 2.68 bits per heavy atom. The van der Waals surface area contributed by atoms with E-state index < -0.39 is 5.97 Å². The summed E-state index contributed by atoms with van der Waals surface area (Å²) in [5.74, 6) is -0.357. The van der Waals surface area contributed by atoms with E-state index in [4.69, 9.17) is 4.74 Å². The summed E-state index contributed by atoms with van der Waals surface area (Å²) in [4.78, 5) is 11.4. The molecule has 28 heavy (non-hydrogen) atoms. The van der Waals surface area contributed by atoms with Gasteiger partial charge in [-0.05, 0) is 83.5 Å². The third-order valence-electron chi connectivity index (χ3n) is 5.79. The Morgan fingerprint density at radius 1 is 1.07 bits per heavy atom. The molecule has 5 rings (SSSR count). The van der Waals surface area contributed by atoms with Crippen molar-refractivity contribution in [2.24, 2.45) is 0 Å². The van der Waals surface area contributed by atoms with Crippen molar-refractivity contribution in [2.45, 2.75) is 25.7 Å². The number of H-pyrrole nitrogens is 1. The number of nitrogens with zero attached hydrogens (tertiary/aromatic N) is 1. The van der Waals surface area contributed by atoms with Crippen LogP contribution in [0.5, 0.6) is 5.75 Å². The molecule has 5 nitrogen and oxygen atoms in total. The molecular weight excluding hydrogens is 352 g/mol. The number of nitrogens with one attached hydrogen (secondary N) is 1. The summed E-state index contributed by atoms with van der Waals surface area (Å²) < 4.78 is 5.57. The molecule has 140 valence electrons. The quantitative estimate of drug-likeness (QED) is 0.532. The second-order valence-electron chi connectivity index (χ2n) is 7.30. The topological polar surface area (TPSA) is 75.2 Å². The fourth-order valence-electron chi connectivity index (χ4n) is 4.50. The van der Waals surface area contributed by atoms with Crippen molar-refractivity contribution in [1.29, 1.82) is 0 Å². The molecule has 0 spiro atoms. The number of aromatic amines is 1. The first-order valence-electron chi connectivity index (χ1n) is 9.49. The lowest BCUT2D eigenvalue weighted by molar-refractivity contribution is 0.0696. The van der Waals surface area contributed by atoms with Crippen molar-refractivity contribution in [1.82, 2.24) is 10.2 Å². The Bertz CT molecular complexity index is 1240. The zero-order valence-electron chi connectivity index (χ0n) is 15.6. The van der Waals surface area contributed by atoms with E-state index >= 15 is 0 Å². The summed E-state index contributed by atoms with van der Waals surface area (Å²) in [5.41, 5.74) is 6.09. The molecule has 0 saturated carbocycles. The summed E-state index contributed by atoms with van der Waals surface area (Å²) in [6.07, 6.45) is 6.30. The van der Waals surface area contributed by atoms with Gasteiger partial charge in [0.25, 0.3) is 0 Å². The number of ether oxygens (including phenoxy) is 1. The van der Waals surface area contributed by atoms with Gasteiger partial charge in [0.05, 0.1) is 24.4 Å². The van der Waals surface area contributed by atoms with Gasteiger partial charge in [0, 0.05) is 10.9 Å². The van der Waals surface area contributed by atoms with E-state index in [0.29, 0.717) is 5.75 Å². The van der Waals surface area contributed by atoms with Gasteiger partial charge in [-0.1, -0.05) is 6.07 Å². The van der Waals surface area contributed by atoms with Gasteiger partial charge in [0.1, 0.15) is 5.75 Å². The Labute approximate surface area is 162 Å². The third kappa shape index (κ3) is 2.47. The number of hydrogen-bond acceptors (Lipinski definition) is 3. The second kappa shape index (κ2) is 6.37. The first-order chi connectivity index (χ1) is 13.7. The maximum atomic E-state index is 11.4. The average molecular weight is 372 g/mol. The molecule has 1 aromatic heterocycles. The molecule has 0 aliphatic heterocycles. The molecule has 1 heterocycles. The van der Waals surface area contributed by atoms with Crippen molar-refractivity contribution in [3.63, 3.8) is 0 Å². The van der Waals surface area contributed by atoms with E-state index in [0.717, 1.165) is 41.3 Å². The minimum atomic E-state index is -0.951. The normalized spacial score (nSPS) is 13.6. The lowest BCUT2D eigenvalue weighted by Gasteiger charge is -2.23. The van der Waals surface area contributed by atoms with Crippen LogP contribution in [-0.4, -0.2) is 28.4 Å². The molecular formula is C23H20N2O3. The highest BCUT2D eigenvalue weighted by atomic mass is 16.5. The lowest BCUT2D eigenvalue weighted by Crippen LogP contribution is -2.07. The summed E-state index contributed by atoms with van der Waals surface area (Å²) in [6.45, 7) is 0. The minimum absolute atomic E-state index is 0.232. The Hall–Kier alpha value is -3.34. The number of benzene rings is 3. The van der Waals surface area contributed by atoms with E-state index in [1.54, 1.807) is 19.2 Å². The number of aryl methyl sites for hydroxylation is 1. The lowest BCUT2D eigenvalue weighted by atomic mass is 9.81. The SMILES string of the molecule is COc1cc(C(=O)O)ccc1-c1cc2ccc3[nH]ncc3c2c2c1CCCC2. The molecule has 0 fully saturated rings. The van der Waals surface area contributed by atoms with Gasteiger partial charge < -0.3 is 9.84 Å². The molecule has 1 aliphatic carbocycles. The van der Waals surface area contributed by atoms with E-state index in [2.05, 4.69) is 28.4 Å². The Morgan fingerprint density at radius 2 is 1.89 bits per heavy atom. The monoisotopic (exact) mass is 372 g/mol. The predicted molar refractivity (Wildman–Crippen MR) is 109 cm³/mol. The number of carbonyl (C=O) groups is 1. The molecule has 0 atom stereocenters. The average Bonchev–Trinajstić information content (AvgIpc) is 3.21. The van der Waals surface area contributed by atoms with Gasteiger partial charge >= 0.3 is 5.97 Å². The summed E-state index contributed by atoms with van der Waals surface area (Å²) in [6, 6.07) is 11.5. The van der Waals surface area contributed by atoms with Crippen LogP contribution in [0.25, 0.3) is 32.8 Å². The van der Waals surface area contributed by atoms with E-state index in [-0.39, 0.29) is 5.56 Å². The van der Waals surface area contributed by atoms with Crippen LogP contribution in [0.15, 0.2) is 42.6 Å². The van der Waals surface area contributed by atoms with Crippen molar-refractivity contribution >= 4 is 27.6 Å². The fraction of sp³-hybridized carbons (Fsp3) is 0.217. The van der Waals surface area contributed by atoms with Gasteiger partial charge in [0.15, 0.2) is 0 Å². The molecule has 3 aromatic carbocycles. The standard InChI is InChI=1S/C23H20N2O3/c1-28-21-11-14(23(26)27)6-8-16(21)18-10-13-7-9-20-19(12-24-25-20)22(13)17-5-3-2-4-15(17)18/h6-12H,2-5H2,1H3,(H,24,25)(H,26,27). The van der Waals surface area contributed by atoms with Crippen LogP contribution in [0.1, 0.15) is 34.3 Å². The number of aromatic carboxylic acids is 1. The van der Waals surface area contributed by atoms with Crippen molar-refractivity contribution in [3.8, 4) is 16.9 Å². The highest BCUT2D eigenvalue weighted by Gasteiger charge is 2.22. The number of carboxylic acid groups (broad SMARTS) is 1. The van der Waals surface area contributed by atoms with Crippen LogP contribution in [-0.2, 0) is 12.8 Å². The summed E-state index contributed by atoms with van der Waals surface area (Å²) in [7, 11) is 1.59. The molecule has 0 radical (unpaired) electrons. The van der Waals surface area contributed by atoms with E-state index in [9.17, 15) is 9.90 Å². The van der Waals surface area contributed by atoms with Gasteiger partial charge in [-0.2, -0.15) is 5.10 Å². The number of rotatable bonds is 3. The van der Waals surface area contributed by atoms with Crippen molar-refractivity contribution < 1.29 is 14.6 Å². The predicted octanol–water partition coefficient (Wildman–Crippen LogP) is 4.97. The van der Waals surface area contributed by atoms with Gasteiger partial charge in [0.2, 0.25) is 0 Å². The van der Waals surface area contributed by atoms with Crippen LogP contribution in [0.3, 0.4) is 0 Å². The molecule has 0 unspecified atom stereocenters. The summed E-state index contributed by atoms with van der Waals surface area (Å²) >= 11 is 0. The summed E-state index contributed by atoms with van der Waals surface area (Å²) in [5, 5.41) is 20.2. The van der Waals surface area contributed by atoms with Crippen LogP contribution in [0.2, 0.25) is 0 Å². The first kappa shape index (κ1) is 16.8. The molecule has 2 N–H and O–H groups in total. The molecule has 0 bridgehead atoms. The van der Waals surface area contributed by atoms with E-state index in [1.807, 2.05) is 12.3 Å². The zero-order valence-corrected chi connectivity index (χ0v) is 15.6. The highest BCUT2D eigenvalue weighted by molar-refractivity contribution is 6.10. The van der Waals surface area contributed by atoms with Crippen molar-refractivity contribution in [2.75, 3.05) is 7.11 Å². The molecule has 0 saturated heterocycles. The number of aromatic nitrogens is 2. The zero-order chi connectivity index (χ0) is 19.3. The highest BCUT2D eigenvalue weighted by Crippen LogP contribution is 2.42. The largest absolute Gasteiger partial charge is 0.496 e. The van der Waals surface area contributed by atoms with Crippen LogP contribution < -0.4 is 4.74 Å². The molecule has 5 heteroatoms. The number of carboxylic acids is 1. The van der Waals surface area contributed by atoms with Gasteiger partial charge in [-0.15, -0.1) is 0 Å². The number of methoxy groups -OCH3 is 1. The number of hydrogen-bond donors (Lipinski definition) is 2. The molecule has 4 aromatic rings. The number of fused-ring (bicyclic) bond motifs is 5. The second-order valence-corrected chi connectivity index (χ2v) is 7.30. The smallest absolute Gasteiger partial charge is 0.335 e. The van der Waals surface area contributed by atoms with Crippen LogP contribution in [0.4, 0.5) is 0 Å². The van der Waals surface area contributed by atoms with Gasteiger partial charge in [-0.25, -0.2) is 4.79 Å². The van der Waals surface area contributed by atoms with Crippen molar-refractivity contribution in [3.05, 3.63) is 59.3 Å². The van der Waals surface area contributed by atoms with Crippen LogP contribution >= 0.6 is 0 Å².